The SMILES string of the molecule is Cc1cccc(C(=O)Nc2ccc(I)cc2Cl)c1. The maximum absolute atomic E-state index is 12.0. The number of carbonyl (C=O) groups is 1. The Kier molecular flexibility index (Phi) is 4.24. The highest BCUT2D eigenvalue weighted by Crippen LogP contribution is 2.24. The lowest BCUT2D eigenvalue weighted by molar-refractivity contribution is 0.102. The van der Waals surface area contributed by atoms with Gasteiger partial charge in [-0.1, -0.05) is 29.3 Å². The zero-order valence-corrected chi connectivity index (χ0v) is 12.6. The van der Waals surface area contributed by atoms with Crippen LogP contribution in [-0.2, 0) is 0 Å². The van der Waals surface area contributed by atoms with Crippen molar-refractivity contribution in [2.75, 3.05) is 5.32 Å². The quantitative estimate of drug-likeness (QED) is 0.774. The summed E-state index contributed by atoms with van der Waals surface area (Å²) in [5.74, 6) is -0.151. The van der Waals surface area contributed by atoms with Gasteiger partial charge >= 0.3 is 0 Å². The number of hydrogen-bond donors (Lipinski definition) is 1. The fraction of sp³-hybridized carbons (Fsp3) is 0.0714. The zero-order valence-electron chi connectivity index (χ0n) is 9.71. The summed E-state index contributed by atoms with van der Waals surface area (Å²) in [6, 6.07) is 13.0. The molecule has 0 aromatic heterocycles. The molecule has 0 aliphatic carbocycles. The maximum atomic E-state index is 12.0. The van der Waals surface area contributed by atoms with Crippen molar-refractivity contribution < 1.29 is 4.79 Å². The molecule has 0 saturated heterocycles. The molecule has 0 fully saturated rings. The minimum absolute atomic E-state index is 0.151. The Labute approximate surface area is 124 Å². The van der Waals surface area contributed by atoms with E-state index in [1.54, 1.807) is 12.1 Å². The van der Waals surface area contributed by atoms with Gasteiger partial charge in [0.2, 0.25) is 0 Å². The molecule has 2 aromatic carbocycles. The topological polar surface area (TPSA) is 29.1 Å². The van der Waals surface area contributed by atoms with Gasteiger partial charge in [0.05, 0.1) is 10.7 Å². The summed E-state index contributed by atoms with van der Waals surface area (Å²) in [5, 5.41) is 3.35. The zero-order chi connectivity index (χ0) is 13.1. The third kappa shape index (κ3) is 3.23. The molecular formula is C14H11ClINO. The van der Waals surface area contributed by atoms with E-state index in [-0.39, 0.29) is 5.91 Å². The Morgan fingerprint density at radius 2 is 2.00 bits per heavy atom. The highest BCUT2D eigenvalue weighted by molar-refractivity contribution is 14.1. The van der Waals surface area contributed by atoms with Crippen molar-refractivity contribution in [1.82, 2.24) is 0 Å². The van der Waals surface area contributed by atoms with Gasteiger partial charge in [0.15, 0.2) is 0 Å². The lowest BCUT2D eigenvalue weighted by Crippen LogP contribution is -2.12. The van der Waals surface area contributed by atoms with Gasteiger partial charge in [-0.3, -0.25) is 4.79 Å². The molecule has 0 saturated carbocycles. The fourth-order valence-corrected chi connectivity index (χ4v) is 2.47. The summed E-state index contributed by atoms with van der Waals surface area (Å²) in [5.41, 5.74) is 2.31. The van der Waals surface area contributed by atoms with Crippen LogP contribution in [0.15, 0.2) is 42.5 Å². The lowest BCUT2D eigenvalue weighted by Gasteiger charge is -2.08. The van der Waals surface area contributed by atoms with Crippen LogP contribution in [0.25, 0.3) is 0 Å². The van der Waals surface area contributed by atoms with E-state index < -0.39 is 0 Å². The van der Waals surface area contributed by atoms with Crippen molar-refractivity contribution >= 4 is 45.8 Å². The second kappa shape index (κ2) is 5.71. The Morgan fingerprint density at radius 3 is 2.67 bits per heavy atom. The van der Waals surface area contributed by atoms with E-state index in [0.717, 1.165) is 9.13 Å². The number of aryl methyl sites for hydroxylation is 1. The van der Waals surface area contributed by atoms with Crippen molar-refractivity contribution in [3.05, 3.63) is 62.2 Å². The number of anilines is 1. The Hall–Kier alpha value is -1.07. The van der Waals surface area contributed by atoms with Crippen LogP contribution < -0.4 is 5.32 Å². The van der Waals surface area contributed by atoms with Crippen LogP contribution in [0.5, 0.6) is 0 Å². The van der Waals surface area contributed by atoms with E-state index in [2.05, 4.69) is 27.9 Å². The van der Waals surface area contributed by atoms with Gasteiger partial charge in [0, 0.05) is 9.13 Å². The van der Waals surface area contributed by atoms with Crippen LogP contribution in [0, 0.1) is 10.5 Å². The monoisotopic (exact) mass is 371 g/mol. The molecule has 0 heterocycles. The average molecular weight is 372 g/mol. The van der Waals surface area contributed by atoms with Crippen LogP contribution in [0.2, 0.25) is 5.02 Å². The molecule has 92 valence electrons. The molecule has 2 rings (SSSR count). The summed E-state index contributed by atoms with van der Waals surface area (Å²) >= 11 is 8.25. The third-order valence-corrected chi connectivity index (χ3v) is 3.44. The number of amides is 1. The summed E-state index contributed by atoms with van der Waals surface area (Å²) < 4.78 is 1.03. The second-order valence-electron chi connectivity index (χ2n) is 3.95. The van der Waals surface area contributed by atoms with E-state index >= 15 is 0 Å². The first-order valence-electron chi connectivity index (χ1n) is 5.39. The highest BCUT2D eigenvalue weighted by Gasteiger charge is 2.08. The maximum Gasteiger partial charge on any atom is 0.255 e. The van der Waals surface area contributed by atoms with Crippen LogP contribution in [0.1, 0.15) is 15.9 Å². The number of rotatable bonds is 2. The van der Waals surface area contributed by atoms with Gasteiger partial charge in [0.25, 0.3) is 5.91 Å². The summed E-state index contributed by atoms with van der Waals surface area (Å²) in [6.07, 6.45) is 0. The smallest absolute Gasteiger partial charge is 0.255 e. The molecule has 0 atom stereocenters. The first-order valence-corrected chi connectivity index (χ1v) is 6.85. The van der Waals surface area contributed by atoms with Crippen molar-refractivity contribution in [2.45, 2.75) is 6.92 Å². The molecule has 0 aliphatic rings. The van der Waals surface area contributed by atoms with Crippen LogP contribution in [0.4, 0.5) is 5.69 Å². The molecule has 0 bridgehead atoms. The molecule has 1 amide bonds. The molecule has 1 N–H and O–H groups in total. The number of halogens is 2. The molecule has 18 heavy (non-hydrogen) atoms. The molecule has 0 spiro atoms. The van der Waals surface area contributed by atoms with Crippen molar-refractivity contribution in [3.63, 3.8) is 0 Å². The first-order chi connectivity index (χ1) is 8.56. The minimum Gasteiger partial charge on any atom is -0.321 e. The molecule has 0 aliphatic heterocycles. The number of benzene rings is 2. The third-order valence-electron chi connectivity index (χ3n) is 2.46. The van der Waals surface area contributed by atoms with Crippen LogP contribution in [-0.4, -0.2) is 5.91 Å². The van der Waals surface area contributed by atoms with Crippen LogP contribution >= 0.6 is 34.2 Å². The normalized spacial score (nSPS) is 10.2. The molecule has 0 radical (unpaired) electrons. The number of nitrogens with one attached hydrogen (secondary N) is 1. The van der Waals surface area contributed by atoms with Crippen LogP contribution in [0.3, 0.4) is 0 Å². The minimum atomic E-state index is -0.151. The van der Waals surface area contributed by atoms with Gasteiger partial charge in [-0.25, -0.2) is 0 Å². The molecule has 0 unspecified atom stereocenters. The predicted octanol–water partition coefficient (Wildman–Crippen LogP) is 4.51. The molecule has 4 heteroatoms. The standard InChI is InChI=1S/C14H11ClINO/c1-9-3-2-4-10(7-9)14(18)17-13-6-5-11(16)8-12(13)15/h2-8H,1H3,(H,17,18). The summed E-state index contributed by atoms with van der Waals surface area (Å²) in [4.78, 5) is 12.0. The van der Waals surface area contributed by atoms with E-state index in [1.807, 2.05) is 37.3 Å². The van der Waals surface area contributed by atoms with Gasteiger partial charge in [-0.15, -0.1) is 0 Å². The first kappa shape index (κ1) is 13.4. The number of hydrogen-bond acceptors (Lipinski definition) is 1. The van der Waals surface area contributed by atoms with Crippen molar-refractivity contribution in [2.24, 2.45) is 0 Å². The summed E-state index contributed by atoms with van der Waals surface area (Å²) in [7, 11) is 0. The van der Waals surface area contributed by atoms with Gasteiger partial charge in [-0.2, -0.15) is 0 Å². The second-order valence-corrected chi connectivity index (χ2v) is 5.60. The van der Waals surface area contributed by atoms with Gasteiger partial charge in [-0.05, 0) is 59.8 Å². The number of carbonyl (C=O) groups excluding carboxylic acids is 1. The highest BCUT2D eigenvalue weighted by atomic mass is 127. The molecule has 2 aromatic rings. The Balaban J connectivity index is 2.21. The predicted molar refractivity (Wildman–Crippen MR) is 83.3 cm³/mol. The van der Waals surface area contributed by atoms with Crippen molar-refractivity contribution in [3.8, 4) is 0 Å². The largest absolute Gasteiger partial charge is 0.321 e. The van der Waals surface area contributed by atoms with Gasteiger partial charge in [0.1, 0.15) is 0 Å². The van der Waals surface area contributed by atoms with E-state index in [4.69, 9.17) is 11.6 Å². The summed E-state index contributed by atoms with van der Waals surface area (Å²) in [6.45, 7) is 1.95. The Morgan fingerprint density at radius 1 is 1.22 bits per heavy atom. The van der Waals surface area contributed by atoms with Gasteiger partial charge < -0.3 is 5.32 Å². The molecular weight excluding hydrogens is 361 g/mol. The van der Waals surface area contributed by atoms with Crippen molar-refractivity contribution in [1.29, 1.82) is 0 Å². The molecule has 2 nitrogen and oxygen atoms in total. The van der Waals surface area contributed by atoms with E-state index in [0.29, 0.717) is 16.3 Å². The van der Waals surface area contributed by atoms with E-state index in [9.17, 15) is 4.79 Å². The van der Waals surface area contributed by atoms with E-state index in [1.165, 1.54) is 0 Å². The Bertz CT molecular complexity index is 598. The fourth-order valence-electron chi connectivity index (χ4n) is 1.57. The lowest BCUT2D eigenvalue weighted by atomic mass is 10.1. The average Bonchev–Trinajstić information content (AvgIpc) is 2.32.